The molecule has 20 heavy (non-hydrogen) atoms. The van der Waals surface area contributed by atoms with Crippen LogP contribution in [0.5, 0.6) is 0 Å². The normalized spacial score (nSPS) is 23.1. The zero-order valence-electron chi connectivity index (χ0n) is 11.6. The fraction of sp³-hybridized carbons (Fsp3) is 0.500. The number of hydrogen-bond donors (Lipinski definition) is 2. The molecule has 2 atom stereocenters. The molecule has 4 nitrogen and oxygen atoms in total. The van der Waals surface area contributed by atoms with E-state index < -0.39 is 12.0 Å². The molecule has 1 aromatic carbocycles. The lowest BCUT2D eigenvalue weighted by atomic mass is 9.98. The Morgan fingerprint density at radius 3 is 2.65 bits per heavy atom. The van der Waals surface area contributed by atoms with Crippen LogP contribution in [0, 0.1) is 18.3 Å². The van der Waals surface area contributed by atoms with Gasteiger partial charge >= 0.3 is 5.97 Å². The van der Waals surface area contributed by atoms with Crippen molar-refractivity contribution in [3.63, 3.8) is 0 Å². The third-order valence-corrected chi connectivity index (χ3v) is 4.66. The summed E-state index contributed by atoms with van der Waals surface area (Å²) in [7, 11) is 0. The molecule has 1 aromatic rings. The number of hydrogen-bond acceptors (Lipinski definition) is 2. The van der Waals surface area contributed by atoms with Gasteiger partial charge in [-0.2, -0.15) is 0 Å². The monoisotopic (exact) mass is 273 g/mol. The molecule has 1 amide bonds. The largest absolute Gasteiger partial charge is 0.481 e. The van der Waals surface area contributed by atoms with E-state index in [4.69, 9.17) is 5.11 Å². The fourth-order valence-electron chi connectivity index (χ4n) is 3.09. The summed E-state index contributed by atoms with van der Waals surface area (Å²) in [6.07, 6.45) is 3.21. The summed E-state index contributed by atoms with van der Waals surface area (Å²) < 4.78 is 0. The number of aryl methyl sites for hydroxylation is 1. The number of carboxylic acids is 1. The van der Waals surface area contributed by atoms with Crippen LogP contribution in [0.2, 0.25) is 0 Å². The van der Waals surface area contributed by atoms with E-state index in [0.29, 0.717) is 5.41 Å². The van der Waals surface area contributed by atoms with Crippen LogP contribution in [0.3, 0.4) is 0 Å². The molecule has 0 aromatic heterocycles. The van der Waals surface area contributed by atoms with Crippen LogP contribution in [0.15, 0.2) is 24.3 Å². The summed E-state index contributed by atoms with van der Waals surface area (Å²) in [5, 5.41) is 12.0. The lowest BCUT2D eigenvalue weighted by molar-refractivity contribution is -0.137. The molecule has 4 heteroatoms. The molecule has 0 saturated heterocycles. The highest BCUT2D eigenvalue weighted by molar-refractivity contribution is 5.84. The summed E-state index contributed by atoms with van der Waals surface area (Å²) in [6, 6.07) is 7.19. The topological polar surface area (TPSA) is 66.4 Å². The van der Waals surface area contributed by atoms with Gasteiger partial charge in [-0.1, -0.05) is 24.3 Å². The van der Waals surface area contributed by atoms with Crippen LogP contribution < -0.4 is 5.32 Å². The number of benzene rings is 1. The molecular formula is C16H19NO3. The van der Waals surface area contributed by atoms with Crippen molar-refractivity contribution in [2.45, 2.75) is 38.6 Å². The lowest BCUT2D eigenvalue weighted by Gasteiger charge is -2.19. The quantitative estimate of drug-likeness (QED) is 0.866. The predicted molar refractivity (Wildman–Crippen MR) is 74.1 cm³/mol. The maximum Gasteiger partial charge on any atom is 0.305 e. The summed E-state index contributed by atoms with van der Waals surface area (Å²) in [5.41, 5.74) is 2.20. The van der Waals surface area contributed by atoms with Crippen LogP contribution >= 0.6 is 0 Å². The molecule has 0 bridgehead atoms. The molecule has 3 rings (SSSR count). The number of carbonyl (C=O) groups is 2. The average Bonchev–Trinajstić information content (AvgIpc) is 3.29. The van der Waals surface area contributed by atoms with Gasteiger partial charge in [0.05, 0.1) is 12.5 Å². The molecule has 2 aliphatic carbocycles. The molecular weight excluding hydrogens is 254 g/mol. The van der Waals surface area contributed by atoms with Gasteiger partial charge in [-0.15, -0.1) is 0 Å². The van der Waals surface area contributed by atoms with E-state index in [-0.39, 0.29) is 18.2 Å². The second kappa shape index (κ2) is 4.62. The van der Waals surface area contributed by atoms with Gasteiger partial charge in [0.15, 0.2) is 0 Å². The Hall–Kier alpha value is -1.84. The molecule has 2 N–H and O–H groups in total. The first-order valence-corrected chi connectivity index (χ1v) is 7.09. The minimum atomic E-state index is -0.893. The molecule has 2 saturated carbocycles. The summed E-state index contributed by atoms with van der Waals surface area (Å²) in [6.45, 7) is 1.94. The Balaban J connectivity index is 1.74. The van der Waals surface area contributed by atoms with Gasteiger partial charge < -0.3 is 10.4 Å². The molecule has 1 spiro atoms. The van der Waals surface area contributed by atoms with Gasteiger partial charge in [0.2, 0.25) is 5.91 Å². The van der Waals surface area contributed by atoms with E-state index >= 15 is 0 Å². The van der Waals surface area contributed by atoms with Crippen molar-refractivity contribution in [3.05, 3.63) is 35.4 Å². The Morgan fingerprint density at radius 2 is 2.10 bits per heavy atom. The van der Waals surface area contributed by atoms with E-state index in [1.807, 2.05) is 31.2 Å². The SMILES string of the molecule is Cc1ccccc1C(CC(=O)O)NC(=O)C1CC12CC2. The van der Waals surface area contributed by atoms with E-state index in [9.17, 15) is 9.59 Å². The Labute approximate surface area is 118 Å². The maximum absolute atomic E-state index is 12.2. The van der Waals surface area contributed by atoms with E-state index in [1.165, 1.54) is 0 Å². The highest BCUT2D eigenvalue weighted by atomic mass is 16.4. The average molecular weight is 273 g/mol. The van der Waals surface area contributed by atoms with Crippen molar-refractivity contribution in [2.24, 2.45) is 11.3 Å². The number of amides is 1. The van der Waals surface area contributed by atoms with E-state index in [2.05, 4.69) is 5.32 Å². The van der Waals surface area contributed by atoms with Crippen molar-refractivity contribution in [2.75, 3.05) is 0 Å². The molecule has 2 fully saturated rings. The molecule has 106 valence electrons. The number of rotatable bonds is 5. The summed E-state index contributed by atoms with van der Waals surface area (Å²) >= 11 is 0. The first-order chi connectivity index (χ1) is 9.52. The number of aliphatic carboxylic acids is 1. The highest BCUT2D eigenvalue weighted by Crippen LogP contribution is 2.70. The standard InChI is InChI=1S/C16H19NO3/c1-10-4-2-3-5-11(10)13(8-14(18)19)17-15(20)12-9-16(12)6-7-16/h2-5,12-13H,6-9H2,1H3,(H,17,20)(H,18,19). The third kappa shape index (κ3) is 2.42. The lowest BCUT2D eigenvalue weighted by Crippen LogP contribution is -2.32. The van der Waals surface area contributed by atoms with Crippen LogP contribution in [-0.2, 0) is 9.59 Å². The zero-order valence-corrected chi connectivity index (χ0v) is 11.6. The Bertz CT molecular complexity index is 563. The second-order valence-corrected chi connectivity index (χ2v) is 6.13. The smallest absolute Gasteiger partial charge is 0.305 e. The molecule has 2 unspecified atom stereocenters. The first-order valence-electron chi connectivity index (χ1n) is 7.09. The third-order valence-electron chi connectivity index (χ3n) is 4.66. The minimum Gasteiger partial charge on any atom is -0.481 e. The zero-order chi connectivity index (χ0) is 14.3. The van der Waals surface area contributed by atoms with E-state index in [1.54, 1.807) is 0 Å². The fourth-order valence-corrected chi connectivity index (χ4v) is 3.09. The molecule has 2 aliphatic rings. The predicted octanol–water partition coefficient (Wildman–Crippen LogP) is 2.43. The van der Waals surface area contributed by atoms with Gasteiger partial charge in [0.1, 0.15) is 0 Å². The second-order valence-electron chi connectivity index (χ2n) is 6.13. The van der Waals surface area contributed by atoms with Gasteiger partial charge in [0, 0.05) is 5.92 Å². The van der Waals surface area contributed by atoms with Crippen molar-refractivity contribution in [3.8, 4) is 0 Å². The number of nitrogens with one attached hydrogen (secondary N) is 1. The maximum atomic E-state index is 12.2. The first kappa shape index (κ1) is 13.2. The van der Waals surface area contributed by atoms with Crippen molar-refractivity contribution in [1.29, 1.82) is 0 Å². The molecule has 0 radical (unpaired) electrons. The molecule has 0 heterocycles. The number of carboxylic acid groups (broad SMARTS) is 1. The minimum absolute atomic E-state index is 0.0250. The van der Waals surface area contributed by atoms with Gasteiger partial charge in [-0.25, -0.2) is 0 Å². The molecule has 0 aliphatic heterocycles. The van der Waals surface area contributed by atoms with Crippen LogP contribution in [0.4, 0.5) is 0 Å². The Morgan fingerprint density at radius 1 is 1.40 bits per heavy atom. The van der Waals surface area contributed by atoms with Gasteiger partial charge in [-0.05, 0) is 42.7 Å². The summed E-state index contributed by atoms with van der Waals surface area (Å²) in [5.74, 6) is -0.754. The highest BCUT2D eigenvalue weighted by Gasteiger charge is 2.65. The Kier molecular flexibility index (Phi) is 3.04. The van der Waals surface area contributed by atoms with Gasteiger partial charge in [-0.3, -0.25) is 9.59 Å². The van der Waals surface area contributed by atoms with Crippen molar-refractivity contribution >= 4 is 11.9 Å². The van der Waals surface area contributed by atoms with Crippen LogP contribution in [0.25, 0.3) is 0 Å². The van der Waals surface area contributed by atoms with Crippen LogP contribution in [-0.4, -0.2) is 17.0 Å². The van der Waals surface area contributed by atoms with Crippen LogP contribution in [0.1, 0.15) is 42.9 Å². The number of carbonyl (C=O) groups excluding carboxylic acids is 1. The summed E-state index contributed by atoms with van der Waals surface area (Å²) in [4.78, 5) is 23.3. The van der Waals surface area contributed by atoms with E-state index in [0.717, 1.165) is 30.4 Å². The van der Waals surface area contributed by atoms with Crippen molar-refractivity contribution < 1.29 is 14.7 Å². The van der Waals surface area contributed by atoms with Gasteiger partial charge in [0.25, 0.3) is 0 Å². The van der Waals surface area contributed by atoms with Crippen molar-refractivity contribution in [1.82, 2.24) is 5.32 Å².